The number of thioether (sulfide) groups is 1. The van der Waals surface area contributed by atoms with Crippen molar-refractivity contribution in [3.05, 3.63) is 42.5 Å². The molecule has 6 nitrogen and oxygen atoms in total. The lowest BCUT2D eigenvalue weighted by Crippen LogP contribution is -2.41. The summed E-state index contributed by atoms with van der Waals surface area (Å²) in [7, 11) is 1.93. The number of halogens is 1. The summed E-state index contributed by atoms with van der Waals surface area (Å²) in [6.07, 6.45) is 4.17. The van der Waals surface area contributed by atoms with Crippen LogP contribution in [-0.2, 0) is 13.6 Å². The molecule has 0 amide bonds. The zero-order valence-corrected chi connectivity index (χ0v) is 17.8. The molecule has 2 N–H and O–H groups in total. The van der Waals surface area contributed by atoms with Crippen molar-refractivity contribution < 1.29 is 0 Å². The summed E-state index contributed by atoms with van der Waals surface area (Å²) in [6, 6.07) is 10.6. The van der Waals surface area contributed by atoms with Gasteiger partial charge in [0, 0.05) is 29.8 Å². The molecular weight excluding hydrogens is 447 g/mol. The molecule has 0 atom stereocenters. The van der Waals surface area contributed by atoms with E-state index in [9.17, 15) is 0 Å². The van der Waals surface area contributed by atoms with Gasteiger partial charge in [-0.3, -0.25) is 0 Å². The third-order valence-electron chi connectivity index (χ3n) is 3.99. The summed E-state index contributed by atoms with van der Waals surface area (Å²) in [5.41, 5.74) is 0. The van der Waals surface area contributed by atoms with E-state index >= 15 is 0 Å². The van der Waals surface area contributed by atoms with E-state index in [1.54, 1.807) is 6.33 Å². The number of aromatic nitrogens is 3. The number of aliphatic imine (C=N–C) groups is 1. The van der Waals surface area contributed by atoms with Crippen LogP contribution in [0.1, 0.15) is 25.6 Å². The van der Waals surface area contributed by atoms with Crippen LogP contribution >= 0.6 is 35.7 Å². The van der Waals surface area contributed by atoms with Crippen LogP contribution in [0.2, 0.25) is 0 Å². The standard InChI is InChI=1S/C17H24N6S.HI/c1-3-18-16(19-11-15-22-21-13-23(15)2)20-12-17(9-10-17)24-14-7-5-4-6-8-14;/h4-8,13H,3,9-12H2,1-2H3,(H2,18,19,20);1H. The highest BCUT2D eigenvalue weighted by Crippen LogP contribution is 2.51. The number of nitrogens with zero attached hydrogens (tertiary/aromatic N) is 4. The SMILES string of the molecule is CCNC(=NCc1nncn1C)NCC1(Sc2ccccc2)CC1.I. The molecule has 0 aliphatic heterocycles. The van der Waals surface area contributed by atoms with Gasteiger partial charge in [-0.2, -0.15) is 0 Å². The molecule has 1 fully saturated rings. The Hall–Kier alpha value is -1.29. The molecule has 1 aromatic heterocycles. The maximum atomic E-state index is 4.62. The van der Waals surface area contributed by atoms with Gasteiger partial charge >= 0.3 is 0 Å². The fourth-order valence-electron chi connectivity index (χ4n) is 2.38. The summed E-state index contributed by atoms with van der Waals surface area (Å²) < 4.78 is 2.18. The molecule has 0 saturated heterocycles. The van der Waals surface area contributed by atoms with Gasteiger partial charge in [0.2, 0.25) is 0 Å². The van der Waals surface area contributed by atoms with E-state index in [0.29, 0.717) is 11.3 Å². The second-order valence-electron chi connectivity index (χ2n) is 6.00. The molecule has 0 spiro atoms. The predicted octanol–water partition coefficient (Wildman–Crippen LogP) is 2.81. The van der Waals surface area contributed by atoms with E-state index in [1.807, 2.05) is 23.4 Å². The van der Waals surface area contributed by atoms with E-state index in [-0.39, 0.29) is 24.0 Å². The highest BCUT2D eigenvalue weighted by molar-refractivity contribution is 14.0. The Morgan fingerprint density at radius 1 is 1.28 bits per heavy atom. The highest BCUT2D eigenvalue weighted by Gasteiger charge is 2.43. The van der Waals surface area contributed by atoms with Gasteiger partial charge in [-0.15, -0.1) is 45.9 Å². The van der Waals surface area contributed by atoms with Gasteiger partial charge in [0.05, 0.1) is 0 Å². The first-order valence-corrected chi connectivity index (χ1v) is 9.11. The van der Waals surface area contributed by atoms with Crippen LogP contribution < -0.4 is 10.6 Å². The summed E-state index contributed by atoms with van der Waals surface area (Å²) >= 11 is 1.96. The molecule has 1 aliphatic carbocycles. The average molecular weight is 472 g/mol. The van der Waals surface area contributed by atoms with Gasteiger partial charge in [0.15, 0.2) is 11.8 Å². The Labute approximate surface area is 170 Å². The topological polar surface area (TPSA) is 67.1 Å². The van der Waals surface area contributed by atoms with Crippen LogP contribution in [0.3, 0.4) is 0 Å². The number of hydrogen-bond acceptors (Lipinski definition) is 4. The highest BCUT2D eigenvalue weighted by atomic mass is 127. The second-order valence-corrected chi connectivity index (χ2v) is 7.55. The van der Waals surface area contributed by atoms with E-state index in [2.05, 4.69) is 63.1 Å². The maximum absolute atomic E-state index is 4.62. The molecule has 1 aliphatic rings. The molecule has 0 unspecified atom stereocenters. The number of rotatable bonds is 7. The molecular formula is C17H25IN6S. The van der Waals surface area contributed by atoms with Crippen LogP contribution in [0.5, 0.6) is 0 Å². The Bertz CT molecular complexity index is 683. The van der Waals surface area contributed by atoms with Gasteiger partial charge in [0.1, 0.15) is 12.9 Å². The Morgan fingerprint density at radius 3 is 2.64 bits per heavy atom. The minimum absolute atomic E-state index is 0. The fourth-order valence-corrected chi connectivity index (χ4v) is 3.62. The first kappa shape index (κ1) is 20.0. The van der Waals surface area contributed by atoms with Gasteiger partial charge in [-0.25, -0.2) is 4.99 Å². The van der Waals surface area contributed by atoms with E-state index < -0.39 is 0 Å². The smallest absolute Gasteiger partial charge is 0.191 e. The molecule has 2 aromatic rings. The maximum Gasteiger partial charge on any atom is 0.191 e. The first-order valence-electron chi connectivity index (χ1n) is 8.30. The minimum atomic E-state index is 0. The normalized spacial score (nSPS) is 15.4. The molecule has 1 aromatic carbocycles. The lowest BCUT2D eigenvalue weighted by Gasteiger charge is -2.18. The van der Waals surface area contributed by atoms with Crippen LogP contribution in [0.4, 0.5) is 0 Å². The molecule has 1 heterocycles. The predicted molar refractivity (Wildman–Crippen MR) is 114 cm³/mol. The Balaban J connectivity index is 0.00000225. The molecule has 136 valence electrons. The quantitative estimate of drug-likeness (QED) is 0.369. The van der Waals surface area contributed by atoms with Crippen LogP contribution in [0, 0.1) is 0 Å². The minimum Gasteiger partial charge on any atom is -0.357 e. The van der Waals surface area contributed by atoms with E-state index in [1.165, 1.54) is 17.7 Å². The van der Waals surface area contributed by atoms with Crippen LogP contribution in [0.25, 0.3) is 0 Å². The average Bonchev–Trinajstić information content (AvgIpc) is 3.23. The van der Waals surface area contributed by atoms with Crippen molar-refractivity contribution in [3.8, 4) is 0 Å². The zero-order chi connectivity index (χ0) is 16.8. The molecule has 0 bridgehead atoms. The van der Waals surface area contributed by atoms with E-state index in [0.717, 1.165) is 24.9 Å². The Morgan fingerprint density at radius 2 is 2.04 bits per heavy atom. The van der Waals surface area contributed by atoms with Crippen molar-refractivity contribution in [1.29, 1.82) is 0 Å². The third-order valence-corrected chi connectivity index (χ3v) is 5.48. The van der Waals surface area contributed by atoms with Crippen LogP contribution in [-0.4, -0.2) is 38.6 Å². The van der Waals surface area contributed by atoms with Gasteiger partial charge in [-0.05, 0) is 31.9 Å². The third kappa shape index (κ3) is 5.88. The van der Waals surface area contributed by atoms with Crippen molar-refractivity contribution in [2.75, 3.05) is 13.1 Å². The molecule has 25 heavy (non-hydrogen) atoms. The molecule has 3 rings (SSSR count). The number of aryl methyl sites for hydroxylation is 1. The van der Waals surface area contributed by atoms with Crippen molar-refractivity contribution in [1.82, 2.24) is 25.4 Å². The second kappa shape index (κ2) is 9.42. The first-order chi connectivity index (χ1) is 11.7. The summed E-state index contributed by atoms with van der Waals surface area (Å²) in [5, 5.41) is 14.7. The number of hydrogen-bond donors (Lipinski definition) is 2. The summed E-state index contributed by atoms with van der Waals surface area (Å²) in [6.45, 7) is 4.34. The molecule has 8 heteroatoms. The zero-order valence-electron chi connectivity index (χ0n) is 14.6. The summed E-state index contributed by atoms with van der Waals surface area (Å²) in [5.74, 6) is 1.69. The summed E-state index contributed by atoms with van der Waals surface area (Å²) in [4.78, 5) is 5.95. The largest absolute Gasteiger partial charge is 0.357 e. The number of benzene rings is 1. The van der Waals surface area contributed by atoms with Crippen molar-refractivity contribution in [3.63, 3.8) is 0 Å². The fraction of sp³-hybridized carbons (Fsp3) is 0.471. The lowest BCUT2D eigenvalue weighted by atomic mass is 10.4. The van der Waals surface area contributed by atoms with Gasteiger partial charge in [-0.1, -0.05) is 18.2 Å². The van der Waals surface area contributed by atoms with Crippen LogP contribution in [0.15, 0.2) is 46.5 Å². The van der Waals surface area contributed by atoms with Crippen molar-refractivity contribution in [2.24, 2.45) is 12.0 Å². The van der Waals surface area contributed by atoms with Crippen molar-refractivity contribution in [2.45, 2.75) is 36.0 Å². The monoisotopic (exact) mass is 472 g/mol. The van der Waals surface area contributed by atoms with Gasteiger partial charge < -0.3 is 15.2 Å². The van der Waals surface area contributed by atoms with Gasteiger partial charge in [0.25, 0.3) is 0 Å². The number of nitrogens with one attached hydrogen (secondary N) is 2. The Kier molecular flexibility index (Phi) is 7.55. The van der Waals surface area contributed by atoms with Crippen molar-refractivity contribution >= 4 is 41.7 Å². The lowest BCUT2D eigenvalue weighted by molar-refractivity contribution is 0.749. The molecule has 0 radical (unpaired) electrons. The molecule has 1 saturated carbocycles. The number of guanidine groups is 1. The van der Waals surface area contributed by atoms with E-state index in [4.69, 9.17) is 0 Å².